The lowest BCUT2D eigenvalue weighted by Crippen LogP contribution is -2.09. The van der Waals surface area contributed by atoms with Gasteiger partial charge in [-0.1, -0.05) is 32.3 Å². The SMILES string of the molecule is C=CC(=O)OCCCCCCCCC(N)=O. The maximum atomic E-state index is 10.7. The van der Waals surface area contributed by atoms with Gasteiger partial charge in [-0.15, -0.1) is 0 Å². The number of amides is 1. The Morgan fingerprint density at radius 1 is 1.06 bits per heavy atom. The third-order valence-corrected chi connectivity index (χ3v) is 2.23. The van der Waals surface area contributed by atoms with Gasteiger partial charge in [-0.05, 0) is 12.8 Å². The average molecular weight is 227 g/mol. The molecule has 0 rings (SSSR count). The molecule has 4 nitrogen and oxygen atoms in total. The molecule has 0 spiro atoms. The smallest absolute Gasteiger partial charge is 0.330 e. The van der Waals surface area contributed by atoms with Crippen molar-refractivity contribution in [3.05, 3.63) is 12.7 Å². The lowest BCUT2D eigenvalue weighted by Gasteiger charge is -2.02. The molecule has 0 bridgehead atoms. The number of hydrogen-bond acceptors (Lipinski definition) is 3. The summed E-state index contributed by atoms with van der Waals surface area (Å²) >= 11 is 0. The van der Waals surface area contributed by atoms with Gasteiger partial charge in [-0.25, -0.2) is 4.79 Å². The van der Waals surface area contributed by atoms with Crippen LogP contribution in [0.4, 0.5) is 0 Å². The second kappa shape index (κ2) is 10.2. The molecule has 0 atom stereocenters. The highest BCUT2D eigenvalue weighted by Crippen LogP contribution is 2.06. The number of hydrogen-bond donors (Lipinski definition) is 1. The van der Waals surface area contributed by atoms with Crippen molar-refractivity contribution in [2.24, 2.45) is 5.73 Å². The standard InChI is InChI=1S/C12H21NO3/c1-2-12(15)16-10-8-6-4-3-5-7-9-11(13)14/h2H,1,3-10H2,(H2,13,14). The van der Waals surface area contributed by atoms with E-state index in [1.54, 1.807) is 0 Å². The van der Waals surface area contributed by atoms with Crippen molar-refractivity contribution in [3.8, 4) is 0 Å². The maximum absolute atomic E-state index is 10.7. The number of ether oxygens (including phenoxy) is 1. The van der Waals surface area contributed by atoms with E-state index in [-0.39, 0.29) is 11.9 Å². The Hall–Kier alpha value is -1.32. The zero-order valence-corrected chi connectivity index (χ0v) is 9.74. The molecule has 92 valence electrons. The van der Waals surface area contributed by atoms with E-state index in [1.807, 2.05) is 0 Å². The van der Waals surface area contributed by atoms with Crippen LogP contribution in [0.2, 0.25) is 0 Å². The average Bonchev–Trinajstić information content (AvgIpc) is 2.26. The third kappa shape index (κ3) is 10.8. The van der Waals surface area contributed by atoms with Crippen LogP contribution in [0.15, 0.2) is 12.7 Å². The molecule has 0 aromatic heterocycles. The monoisotopic (exact) mass is 227 g/mol. The molecule has 16 heavy (non-hydrogen) atoms. The molecular formula is C12H21NO3. The van der Waals surface area contributed by atoms with E-state index in [4.69, 9.17) is 10.5 Å². The number of esters is 1. The summed E-state index contributed by atoms with van der Waals surface area (Å²) in [7, 11) is 0. The lowest BCUT2D eigenvalue weighted by atomic mass is 10.1. The van der Waals surface area contributed by atoms with Gasteiger partial charge in [0.1, 0.15) is 0 Å². The van der Waals surface area contributed by atoms with Crippen LogP contribution in [0.5, 0.6) is 0 Å². The molecule has 0 saturated carbocycles. The second-order valence-electron chi connectivity index (χ2n) is 3.71. The quantitative estimate of drug-likeness (QED) is 0.352. The molecule has 0 aromatic carbocycles. The van der Waals surface area contributed by atoms with E-state index in [0.29, 0.717) is 13.0 Å². The number of unbranched alkanes of at least 4 members (excludes halogenated alkanes) is 5. The first-order valence-electron chi connectivity index (χ1n) is 5.74. The fourth-order valence-electron chi connectivity index (χ4n) is 1.34. The molecular weight excluding hydrogens is 206 g/mol. The molecule has 0 aliphatic rings. The second-order valence-corrected chi connectivity index (χ2v) is 3.71. The first-order valence-corrected chi connectivity index (χ1v) is 5.74. The van der Waals surface area contributed by atoms with Gasteiger partial charge in [0.25, 0.3) is 0 Å². The molecule has 4 heteroatoms. The summed E-state index contributed by atoms with van der Waals surface area (Å²) in [6, 6.07) is 0. The Kier molecular flexibility index (Phi) is 9.36. The minimum absolute atomic E-state index is 0.226. The van der Waals surface area contributed by atoms with Crippen molar-refractivity contribution in [1.82, 2.24) is 0 Å². The number of primary amides is 1. The van der Waals surface area contributed by atoms with Gasteiger partial charge in [-0.2, -0.15) is 0 Å². The van der Waals surface area contributed by atoms with E-state index in [0.717, 1.165) is 38.5 Å². The first-order chi connectivity index (χ1) is 7.66. The van der Waals surface area contributed by atoms with Crippen molar-refractivity contribution in [2.45, 2.75) is 44.9 Å². The zero-order valence-electron chi connectivity index (χ0n) is 9.74. The van der Waals surface area contributed by atoms with E-state index in [2.05, 4.69) is 6.58 Å². The third-order valence-electron chi connectivity index (χ3n) is 2.23. The Balaban J connectivity index is 3.07. The Bertz CT molecular complexity index is 226. The van der Waals surface area contributed by atoms with Gasteiger partial charge in [0, 0.05) is 12.5 Å². The molecule has 0 radical (unpaired) electrons. The van der Waals surface area contributed by atoms with Gasteiger partial charge < -0.3 is 10.5 Å². The molecule has 1 amide bonds. The summed E-state index contributed by atoms with van der Waals surface area (Å²) in [6.45, 7) is 3.78. The van der Waals surface area contributed by atoms with Gasteiger partial charge in [0.15, 0.2) is 0 Å². The van der Waals surface area contributed by atoms with Crippen molar-refractivity contribution < 1.29 is 14.3 Å². The van der Waals surface area contributed by atoms with Crippen molar-refractivity contribution in [2.75, 3.05) is 6.61 Å². The minimum atomic E-state index is -0.360. The van der Waals surface area contributed by atoms with Crippen LogP contribution in [0.1, 0.15) is 44.9 Å². The predicted octanol–water partition coefficient (Wildman–Crippen LogP) is 1.93. The number of carbonyl (C=O) groups excluding carboxylic acids is 2. The van der Waals surface area contributed by atoms with Crippen LogP contribution >= 0.6 is 0 Å². The van der Waals surface area contributed by atoms with Crippen LogP contribution in [0.25, 0.3) is 0 Å². The number of nitrogens with two attached hydrogens (primary N) is 1. The van der Waals surface area contributed by atoms with Gasteiger partial charge in [-0.3, -0.25) is 4.79 Å². The summed E-state index contributed by atoms with van der Waals surface area (Å²) in [5.41, 5.74) is 5.02. The van der Waals surface area contributed by atoms with E-state index in [9.17, 15) is 9.59 Å². The highest BCUT2D eigenvalue weighted by Gasteiger charge is 1.96. The molecule has 0 fully saturated rings. The highest BCUT2D eigenvalue weighted by molar-refractivity contribution is 5.81. The number of rotatable bonds is 10. The molecule has 0 aliphatic carbocycles. The molecule has 0 aromatic rings. The lowest BCUT2D eigenvalue weighted by molar-refractivity contribution is -0.137. The van der Waals surface area contributed by atoms with E-state index in [1.165, 1.54) is 6.08 Å². The Morgan fingerprint density at radius 2 is 1.62 bits per heavy atom. The first kappa shape index (κ1) is 14.7. The maximum Gasteiger partial charge on any atom is 0.330 e. The Morgan fingerprint density at radius 3 is 2.19 bits per heavy atom. The topological polar surface area (TPSA) is 69.4 Å². The summed E-state index contributed by atoms with van der Waals surface area (Å²) in [4.78, 5) is 21.1. The predicted molar refractivity (Wildman–Crippen MR) is 62.7 cm³/mol. The van der Waals surface area contributed by atoms with Crippen LogP contribution < -0.4 is 5.73 Å². The highest BCUT2D eigenvalue weighted by atomic mass is 16.5. The molecule has 0 unspecified atom stereocenters. The zero-order chi connectivity index (χ0) is 12.2. The van der Waals surface area contributed by atoms with Gasteiger partial charge in [0.2, 0.25) is 5.91 Å². The fourth-order valence-corrected chi connectivity index (χ4v) is 1.34. The van der Waals surface area contributed by atoms with Crippen molar-refractivity contribution in [3.63, 3.8) is 0 Å². The summed E-state index contributed by atoms with van der Waals surface area (Å²) in [6.07, 6.45) is 7.69. The summed E-state index contributed by atoms with van der Waals surface area (Å²) in [5.74, 6) is -0.585. The van der Waals surface area contributed by atoms with Crippen molar-refractivity contribution >= 4 is 11.9 Å². The van der Waals surface area contributed by atoms with E-state index >= 15 is 0 Å². The number of carbonyl (C=O) groups is 2. The van der Waals surface area contributed by atoms with Gasteiger partial charge >= 0.3 is 5.97 Å². The fraction of sp³-hybridized carbons (Fsp3) is 0.667. The summed E-state index contributed by atoms with van der Waals surface area (Å²) < 4.78 is 4.83. The molecule has 2 N–H and O–H groups in total. The van der Waals surface area contributed by atoms with E-state index < -0.39 is 0 Å². The normalized spacial score (nSPS) is 9.75. The molecule has 0 saturated heterocycles. The van der Waals surface area contributed by atoms with Crippen LogP contribution in [-0.4, -0.2) is 18.5 Å². The van der Waals surface area contributed by atoms with Crippen molar-refractivity contribution in [1.29, 1.82) is 0 Å². The largest absolute Gasteiger partial charge is 0.463 e. The van der Waals surface area contributed by atoms with Gasteiger partial charge in [0.05, 0.1) is 6.61 Å². The summed E-state index contributed by atoms with van der Waals surface area (Å²) in [5, 5.41) is 0. The molecule has 0 aliphatic heterocycles. The van der Waals surface area contributed by atoms with Crippen LogP contribution in [0, 0.1) is 0 Å². The van der Waals surface area contributed by atoms with Crippen LogP contribution in [0.3, 0.4) is 0 Å². The Labute approximate surface area is 96.8 Å². The molecule has 0 heterocycles. The minimum Gasteiger partial charge on any atom is -0.463 e. The van der Waals surface area contributed by atoms with Crippen LogP contribution in [-0.2, 0) is 14.3 Å².